The number of benzene rings is 1. The second-order valence-corrected chi connectivity index (χ2v) is 3.76. The zero-order valence-corrected chi connectivity index (χ0v) is 9.39. The van der Waals surface area contributed by atoms with E-state index in [1.807, 2.05) is 6.07 Å². The second-order valence-electron chi connectivity index (χ2n) is 3.76. The van der Waals surface area contributed by atoms with E-state index in [1.165, 1.54) is 13.2 Å². The maximum atomic E-state index is 13.3. The van der Waals surface area contributed by atoms with E-state index in [2.05, 4.69) is 0 Å². The Labute approximate surface area is 95.0 Å². The highest BCUT2D eigenvalue weighted by molar-refractivity contribution is 5.85. The van der Waals surface area contributed by atoms with E-state index in [4.69, 9.17) is 10.5 Å². The molecule has 1 aromatic rings. The molecule has 1 aliphatic carbocycles. The topological polar surface area (TPSA) is 35.2 Å². The van der Waals surface area contributed by atoms with Crippen LogP contribution in [-0.2, 0) is 0 Å². The summed E-state index contributed by atoms with van der Waals surface area (Å²) >= 11 is 0. The van der Waals surface area contributed by atoms with Crippen LogP contribution in [0.2, 0.25) is 0 Å². The molecule has 4 heteroatoms. The Hall–Kier alpha value is -0.800. The highest BCUT2D eigenvalue weighted by Crippen LogP contribution is 2.39. The summed E-state index contributed by atoms with van der Waals surface area (Å²) in [6.45, 7) is 0. The minimum atomic E-state index is -0.332. The first-order chi connectivity index (χ1) is 6.72. The predicted octanol–water partition coefficient (Wildman–Crippen LogP) is 2.67. The number of rotatable bonds is 3. The van der Waals surface area contributed by atoms with Crippen molar-refractivity contribution in [1.82, 2.24) is 0 Å². The van der Waals surface area contributed by atoms with Crippen molar-refractivity contribution in [2.24, 2.45) is 11.7 Å². The van der Waals surface area contributed by atoms with Crippen molar-refractivity contribution in [2.45, 2.75) is 18.9 Å². The van der Waals surface area contributed by atoms with Crippen LogP contribution in [0.25, 0.3) is 0 Å². The molecule has 15 heavy (non-hydrogen) atoms. The molecule has 0 amide bonds. The van der Waals surface area contributed by atoms with E-state index in [-0.39, 0.29) is 30.0 Å². The zero-order valence-electron chi connectivity index (χ0n) is 8.57. The summed E-state index contributed by atoms with van der Waals surface area (Å²) in [4.78, 5) is 0. The molecule has 2 rings (SSSR count). The third-order valence-corrected chi connectivity index (χ3v) is 2.69. The lowest BCUT2D eigenvalue weighted by atomic mass is 10.0. The molecule has 84 valence electrons. The average Bonchev–Trinajstić information content (AvgIpc) is 3.00. The Balaban J connectivity index is 0.00000112. The first-order valence-electron chi connectivity index (χ1n) is 4.81. The van der Waals surface area contributed by atoms with E-state index < -0.39 is 0 Å². The lowest BCUT2D eigenvalue weighted by Crippen LogP contribution is -2.12. The monoisotopic (exact) mass is 231 g/mol. The molecule has 2 nitrogen and oxygen atoms in total. The lowest BCUT2D eigenvalue weighted by molar-refractivity contribution is 0.385. The van der Waals surface area contributed by atoms with Crippen LogP contribution in [-0.4, -0.2) is 7.11 Å². The van der Waals surface area contributed by atoms with Crippen LogP contribution in [0.4, 0.5) is 4.39 Å². The molecule has 0 aromatic heterocycles. The van der Waals surface area contributed by atoms with Crippen molar-refractivity contribution < 1.29 is 9.13 Å². The van der Waals surface area contributed by atoms with Gasteiger partial charge in [-0.3, -0.25) is 0 Å². The number of hydrogen-bond donors (Lipinski definition) is 1. The quantitative estimate of drug-likeness (QED) is 0.868. The first-order valence-corrected chi connectivity index (χ1v) is 4.81. The van der Waals surface area contributed by atoms with Gasteiger partial charge in [-0.2, -0.15) is 0 Å². The lowest BCUT2D eigenvalue weighted by Gasteiger charge is -2.11. The van der Waals surface area contributed by atoms with Crippen LogP contribution in [0, 0.1) is 11.7 Å². The highest BCUT2D eigenvalue weighted by Gasteiger charge is 2.29. The Morgan fingerprint density at radius 2 is 2.13 bits per heavy atom. The van der Waals surface area contributed by atoms with E-state index in [0.717, 1.165) is 18.4 Å². The average molecular weight is 232 g/mol. The molecule has 1 saturated carbocycles. The van der Waals surface area contributed by atoms with Gasteiger partial charge in [-0.15, -0.1) is 12.4 Å². The first kappa shape index (κ1) is 12.3. The van der Waals surface area contributed by atoms with Gasteiger partial charge in [0.25, 0.3) is 0 Å². The number of ether oxygens (including phenoxy) is 1. The van der Waals surface area contributed by atoms with Crippen molar-refractivity contribution in [1.29, 1.82) is 0 Å². The van der Waals surface area contributed by atoms with Crippen LogP contribution in [0.3, 0.4) is 0 Å². The van der Waals surface area contributed by atoms with Crippen molar-refractivity contribution in [3.8, 4) is 5.75 Å². The zero-order chi connectivity index (χ0) is 10.1. The van der Waals surface area contributed by atoms with E-state index in [1.54, 1.807) is 6.07 Å². The van der Waals surface area contributed by atoms with Crippen LogP contribution in [0.1, 0.15) is 24.4 Å². The maximum absolute atomic E-state index is 13.3. The fourth-order valence-electron chi connectivity index (χ4n) is 1.62. The molecule has 0 spiro atoms. The van der Waals surface area contributed by atoms with Gasteiger partial charge in [-0.25, -0.2) is 4.39 Å². The molecular weight excluding hydrogens is 217 g/mol. The normalized spacial score (nSPS) is 16.7. The smallest absolute Gasteiger partial charge is 0.165 e. The predicted molar refractivity (Wildman–Crippen MR) is 59.9 cm³/mol. The van der Waals surface area contributed by atoms with Crippen molar-refractivity contribution in [2.75, 3.05) is 7.11 Å². The fourth-order valence-corrected chi connectivity index (χ4v) is 1.62. The number of nitrogens with two attached hydrogens (primary N) is 1. The summed E-state index contributed by atoms with van der Waals surface area (Å²) in [5.41, 5.74) is 6.82. The summed E-state index contributed by atoms with van der Waals surface area (Å²) < 4.78 is 18.2. The summed E-state index contributed by atoms with van der Waals surface area (Å²) in [6, 6.07) is 4.93. The molecule has 0 saturated heterocycles. The van der Waals surface area contributed by atoms with Gasteiger partial charge < -0.3 is 10.5 Å². The van der Waals surface area contributed by atoms with Crippen LogP contribution < -0.4 is 10.5 Å². The number of halogens is 2. The van der Waals surface area contributed by atoms with Gasteiger partial charge in [0, 0.05) is 6.04 Å². The van der Waals surface area contributed by atoms with Crippen molar-refractivity contribution in [3.63, 3.8) is 0 Å². The van der Waals surface area contributed by atoms with Crippen molar-refractivity contribution >= 4 is 12.4 Å². The second kappa shape index (κ2) is 4.81. The Bertz CT molecular complexity index is 341. The summed E-state index contributed by atoms with van der Waals surface area (Å²) in [5, 5.41) is 0. The fraction of sp³-hybridized carbons (Fsp3) is 0.455. The Kier molecular flexibility index (Phi) is 3.94. The SMILES string of the molecule is COc1ccc([C@H](N)C2CC2)cc1F.Cl. The molecule has 0 radical (unpaired) electrons. The van der Waals surface area contributed by atoms with Gasteiger partial charge in [0.1, 0.15) is 0 Å². The van der Waals surface area contributed by atoms with E-state index in [9.17, 15) is 4.39 Å². The van der Waals surface area contributed by atoms with Crippen molar-refractivity contribution in [3.05, 3.63) is 29.6 Å². The summed E-state index contributed by atoms with van der Waals surface area (Å²) in [5.74, 6) is 0.487. The van der Waals surface area contributed by atoms with Gasteiger partial charge in [-0.1, -0.05) is 6.07 Å². The molecular formula is C11H15ClFNO. The number of methoxy groups -OCH3 is 1. The van der Waals surface area contributed by atoms with Gasteiger partial charge in [0.05, 0.1) is 7.11 Å². The molecule has 0 bridgehead atoms. The Morgan fingerprint density at radius 1 is 1.47 bits per heavy atom. The molecule has 1 aliphatic rings. The van der Waals surface area contributed by atoms with Crippen LogP contribution in [0.15, 0.2) is 18.2 Å². The largest absolute Gasteiger partial charge is 0.494 e. The summed E-state index contributed by atoms with van der Waals surface area (Å²) in [6.07, 6.45) is 2.32. The molecule has 1 fully saturated rings. The van der Waals surface area contributed by atoms with Gasteiger partial charge in [0.15, 0.2) is 11.6 Å². The standard InChI is InChI=1S/C11H14FNO.ClH/c1-14-10-5-4-8(6-9(10)12)11(13)7-2-3-7;/h4-7,11H,2-3,13H2,1H3;1H/t11-;/m1./s1. The maximum Gasteiger partial charge on any atom is 0.165 e. The third-order valence-electron chi connectivity index (χ3n) is 2.69. The van der Waals surface area contributed by atoms with Crippen LogP contribution in [0.5, 0.6) is 5.75 Å². The van der Waals surface area contributed by atoms with E-state index in [0.29, 0.717) is 5.92 Å². The third kappa shape index (κ3) is 2.61. The molecule has 2 N–H and O–H groups in total. The molecule has 1 atom stereocenters. The van der Waals surface area contributed by atoms with Gasteiger partial charge in [0.2, 0.25) is 0 Å². The minimum absolute atomic E-state index is 0. The molecule has 0 unspecified atom stereocenters. The number of hydrogen-bond acceptors (Lipinski definition) is 2. The van der Waals surface area contributed by atoms with Crippen LogP contribution >= 0.6 is 12.4 Å². The minimum Gasteiger partial charge on any atom is -0.494 e. The van der Waals surface area contributed by atoms with E-state index >= 15 is 0 Å². The molecule has 0 heterocycles. The summed E-state index contributed by atoms with van der Waals surface area (Å²) in [7, 11) is 1.46. The molecule has 1 aromatic carbocycles. The highest BCUT2D eigenvalue weighted by atomic mass is 35.5. The van der Waals surface area contributed by atoms with Gasteiger partial charge >= 0.3 is 0 Å². The molecule has 0 aliphatic heterocycles. The Morgan fingerprint density at radius 3 is 2.60 bits per heavy atom. The van der Waals surface area contributed by atoms with Gasteiger partial charge in [-0.05, 0) is 36.5 Å².